The summed E-state index contributed by atoms with van der Waals surface area (Å²) < 4.78 is 3.94. The molecule has 4 rings (SSSR count). The zero-order chi connectivity index (χ0) is 20.9. The summed E-state index contributed by atoms with van der Waals surface area (Å²) in [5.41, 5.74) is 5.10. The summed E-state index contributed by atoms with van der Waals surface area (Å²) in [7, 11) is 0. The lowest BCUT2D eigenvalue weighted by Gasteiger charge is -2.11. The Balaban J connectivity index is 1.51. The number of aromatic nitrogens is 5. The van der Waals surface area contributed by atoms with Crippen LogP contribution in [0.4, 0.5) is 0 Å². The van der Waals surface area contributed by atoms with Gasteiger partial charge in [0.25, 0.3) is 0 Å². The number of guanidine groups is 1. The van der Waals surface area contributed by atoms with Crippen molar-refractivity contribution in [3.63, 3.8) is 0 Å². The number of nitrogens with zero attached hydrogens (tertiary/aromatic N) is 6. The van der Waals surface area contributed by atoms with Gasteiger partial charge in [0.1, 0.15) is 0 Å². The first-order valence-electron chi connectivity index (χ1n) is 10.1. The van der Waals surface area contributed by atoms with Crippen LogP contribution in [0.2, 0.25) is 0 Å². The van der Waals surface area contributed by atoms with E-state index in [1.54, 1.807) is 0 Å². The number of benzene rings is 1. The highest BCUT2D eigenvalue weighted by Crippen LogP contribution is 2.18. The third kappa shape index (κ3) is 4.03. The van der Waals surface area contributed by atoms with Gasteiger partial charge < -0.3 is 10.6 Å². The first kappa shape index (κ1) is 19.6. The van der Waals surface area contributed by atoms with Gasteiger partial charge >= 0.3 is 0 Å². The van der Waals surface area contributed by atoms with Gasteiger partial charge in [0.2, 0.25) is 0 Å². The SMILES string of the molecule is CCNC(=NCc1c(C)nn(-c2ccccc2)c1C)NCc1nnc2ccccn12. The smallest absolute Gasteiger partial charge is 0.191 e. The van der Waals surface area contributed by atoms with Crippen LogP contribution < -0.4 is 10.6 Å². The molecular weight excluding hydrogens is 376 g/mol. The molecule has 154 valence electrons. The molecule has 0 radical (unpaired) electrons. The molecule has 0 aliphatic heterocycles. The highest BCUT2D eigenvalue weighted by Gasteiger charge is 2.13. The molecule has 2 N–H and O–H groups in total. The molecule has 30 heavy (non-hydrogen) atoms. The molecular formula is C22H26N8. The third-order valence-electron chi connectivity index (χ3n) is 4.98. The maximum atomic E-state index is 4.78. The molecule has 4 aromatic rings. The molecule has 0 amide bonds. The Morgan fingerprint density at radius 1 is 1.00 bits per heavy atom. The predicted molar refractivity (Wildman–Crippen MR) is 118 cm³/mol. The van der Waals surface area contributed by atoms with Crippen molar-refractivity contribution in [2.75, 3.05) is 6.54 Å². The minimum absolute atomic E-state index is 0.526. The molecule has 0 atom stereocenters. The van der Waals surface area contributed by atoms with Crippen LogP contribution in [0.3, 0.4) is 0 Å². The van der Waals surface area contributed by atoms with E-state index >= 15 is 0 Å². The van der Waals surface area contributed by atoms with Crippen LogP contribution in [0.5, 0.6) is 0 Å². The fourth-order valence-electron chi connectivity index (χ4n) is 3.40. The van der Waals surface area contributed by atoms with Gasteiger partial charge in [0, 0.05) is 24.0 Å². The van der Waals surface area contributed by atoms with E-state index in [2.05, 4.69) is 39.9 Å². The summed E-state index contributed by atoms with van der Waals surface area (Å²) in [5, 5.41) is 19.8. The fraction of sp³-hybridized carbons (Fsp3) is 0.273. The number of aliphatic imine (C=N–C) groups is 1. The first-order chi connectivity index (χ1) is 14.7. The zero-order valence-electron chi connectivity index (χ0n) is 17.5. The Morgan fingerprint density at radius 2 is 1.80 bits per heavy atom. The Hall–Kier alpha value is -3.68. The monoisotopic (exact) mass is 402 g/mol. The lowest BCUT2D eigenvalue weighted by atomic mass is 10.2. The summed E-state index contributed by atoms with van der Waals surface area (Å²) >= 11 is 0. The third-order valence-corrected chi connectivity index (χ3v) is 4.98. The van der Waals surface area contributed by atoms with E-state index in [1.807, 2.05) is 65.5 Å². The molecule has 3 aromatic heterocycles. The second-order valence-electron chi connectivity index (χ2n) is 6.99. The molecule has 0 saturated carbocycles. The lowest BCUT2D eigenvalue weighted by Crippen LogP contribution is -2.37. The normalized spacial score (nSPS) is 11.8. The van der Waals surface area contributed by atoms with Crippen LogP contribution in [-0.2, 0) is 13.1 Å². The molecule has 0 aliphatic carbocycles. The molecule has 0 spiro atoms. The molecule has 8 nitrogen and oxygen atoms in total. The highest BCUT2D eigenvalue weighted by atomic mass is 15.3. The number of hydrogen-bond donors (Lipinski definition) is 2. The fourth-order valence-corrected chi connectivity index (χ4v) is 3.40. The van der Waals surface area contributed by atoms with Crippen molar-refractivity contribution in [1.29, 1.82) is 0 Å². The summed E-state index contributed by atoms with van der Waals surface area (Å²) in [6.45, 7) is 8.00. The van der Waals surface area contributed by atoms with Crippen LogP contribution in [0, 0.1) is 13.8 Å². The van der Waals surface area contributed by atoms with E-state index in [4.69, 9.17) is 10.1 Å². The molecule has 1 aromatic carbocycles. The van der Waals surface area contributed by atoms with E-state index in [0.717, 1.165) is 46.6 Å². The number of rotatable bonds is 6. The Bertz CT molecular complexity index is 1160. The van der Waals surface area contributed by atoms with E-state index < -0.39 is 0 Å². The number of fused-ring (bicyclic) bond motifs is 1. The van der Waals surface area contributed by atoms with Crippen LogP contribution in [0.1, 0.15) is 29.7 Å². The van der Waals surface area contributed by atoms with Crippen molar-refractivity contribution in [1.82, 2.24) is 35.0 Å². The van der Waals surface area contributed by atoms with E-state index in [-0.39, 0.29) is 0 Å². The van der Waals surface area contributed by atoms with Crippen LogP contribution in [0.15, 0.2) is 59.7 Å². The van der Waals surface area contributed by atoms with Crippen LogP contribution in [-0.4, -0.2) is 36.9 Å². The van der Waals surface area contributed by atoms with Crippen molar-refractivity contribution in [3.05, 3.63) is 77.5 Å². The molecule has 0 fully saturated rings. The summed E-state index contributed by atoms with van der Waals surface area (Å²) in [5.74, 6) is 1.57. The Labute approximate surface area is 175 Å². The van der Waals surface area contributed by atoms with E-state index in [0.29, 0.717) is 13.1 Å². The largest absolute Gasteiger partial charge is 0.357 e. The topological polar surface area (TPSA) is 84.4 Å². The van der Waals surface area contributed by atoms with Crippen LogP contribution >= 0.6 is 0 Å². The number of pyridine rings is 1. The van der Waals surface area contributed by atoms with Crippen molar-refractivity contribution in [2.45, 2.75) is 33.9 Å². The van der Waals surface area contributed by atoms with Crippen molar-refractivity contribution in [3.8, 4) is 5.69 Å². The average molecular weight is 403 g/mol. The lowest BCUT2D eigenvalue weighted by molar-refractivity contribution is 0.764. The average Bonchev–Trinajstić information content (AvgIpc) is 3.31. The molecule has 0 aliphatic rings. The maximum Gasteiger partial charge on any atom is 0.191 e. The van der Waals surface area contributed by atoms with Gasteiger partial charge in [0.05, 0.1) is 24.5 Å². The quantitative estimate of drug-likeness (QED) is 0.383. The molecule has 8 heteroatoms. The van der Waals surface area contributed by atoms with Gasteiger partial charge in [-0.25, -0.2) is 9.67 Å². The number of para-hydroxylation sites is 1. The predicted octanol–water partition coefficient (Wildman–Crippen LogP) is 2.79. The Morgan fingerprint density at radius 3 is 2.60 bits per heavy atom. The summed E-state index contributed by atoms with van der Waals surface area (Å²) in [6, 6.07) is 16.0. The van der Waals surface area contributed by atoms with Gasteiger partial charge in [-0.3, -0.25) is 4.40 Å². The first-order valence-corrected chi connectivity index (χ1v) is 10.1. The van der Waals surface area contributed by atoms with Crippen molar-refractivity contribution in [2.24, 2.45) is 4.99 Å². The van der Waals surface area contributed by atoms with Gasteiger partial charge in [-0.15, -0.1) is 10.2 Å². The van der Waals surface area contributed by atoms with Gasteiger partial charge in [-0.05, 0) is 45.0 Å². The molecule has 0 unspecified atom stereocenters. The highest BCUT2D eigenvalue weighted by molar-refractivity contribution is 5.79. The standard InChI is InChI=1S/C22H26N8/c1-4-23-22(25-15-21-27-26-20-12-8-9-13-29(20)21)24-14-19-16(2)28-30(17(19)3)18-10-6-5-7-11-18/h5-13H,4,14-15H2,1-3H3,(H2,23,24,25). The number of aryl methyl sites for hydroxylation is 1. The van der Waals surface area contributed by atoms with Gasteiger partial charge in [-0.1, -0.05) is 24.3 Å². The number of nitrogens with one attached hydrogen (secondary N) is 2. The van der Waals surface area contributed by atoms with Crippen LogP contribution in [0.25, 0.3) is 11.3 Å². The van der Waals surface area contributed by atoms with E-state index in [1.165, 1.54) is 0 Å². The Kier molecular flexibility index (Phi) is 5.74. The van der Waals surface area contributed by atoms with Gasteiger partial charge in [-0.2, -0.15) is 5.10 Å². The maximum absolute atomic E-state index is 4.78. The van der Waals surface area contributed by atoms with Gasteiger partial charge in [0.15, 0.2) is 17.4 Å². The minimum Gasteiger partial charge on any atom is -0.357 e. The molecule has 0 bridgehead atoms. The summed E-state index contributed by atoms with van der Waals surface area (Å²) in [6.07, 6.45) is 1.96. The second kappa shape index (κ2) is 8.77. The zero-order valence-corrected chi connectivity index (χ0v) is 17.5. The van der Waals surface area contributed by atoms with E-state index in [9.17, 15) is 0 Å². The second-order valence-corrected chi connectivity index (χ2v) is 6.99. The minimum atomic E-state index is 0.526. The number of hydrogen-bond acceptors (Lipinski definition) is 4. The molecule has 3 heterocycles. The van der Waals surface area contributed by atoms with Crippen molar-refractivity contribution >= 4 is 11.6 Å². The molecule has 0 saturated heterocycles. The van der Waals surface area contributed by atoms with Crippen molar-refractivity contribution < 1.29 is 0 Å². The summed E-state index contributed by atoms with van der Waals surface area (Å²) in [4.78, 5) is 4.78.